The van der Waals surface area contributed by atoms with Crippen LogP contribution in [0, 0.1) is 6.92 Å². The van der Waals surface area contributed by atoms with Gasteiger partial charge in [0.15, 0.2) is 11.5 Å². The molecule has 0 atom stereocenters. The molecule has 0 spiro atoms. The highest BCUT2D eigenvalue weighted by molar-refractivity contribution is 9.13. The fourth-order valence-electron chi connectivity index (χ4n) is 1.70. The topological polar surface area (TPSA) is 84.1 Å². The standard InChI is InChI=1S/C14H12Br2N2O4/c1-7-9(3-4-22-7)14(20)18-17-6-8-5-10(21-2)13(19)12(16)11(8)15/h3-6,19H,1-2H3,(H,18,20). The van der Waals surface area contributed by atoms with Crippen molar-refractivity contribution in [3.63, 3.8) is 0 Å². The van der Waals surface area contributed by atoms with E-state index in [0.717, 1.165) is 0 Å². The predicted octanol–water partition coefficient (Wildman–Crippen LogP) is 3.59. The lowest BCUT2D eigenvalue weighted by molar-refractivity contribution is 0.0953. The molecule has 0 fully saturated rings. The quantitative estimate of drug-likeness (QED) is 0.572. The van der Waals surface area contributed by atoms with Crippen LogP contribution in [-0.4, -0.2) is 24.3 Å². The van der Waals surface area contributed by atoms with E-state index in [2.05, 4.69) is 42.4 Å². The van der Waals surface area contributed by atoms with E-state index in [4.69, 9.17) is 9.15 Å². The van der Waals surface area contributed by atoms with Crippen LogP contribution in [0.3, 0.4) is 0 Å². The lowest BCUT2D eigenvalue weighted by Gasteiger charge is -2.09. The van der Waals surface area contributed by atoms with Gasteiger partial charge in [0.1, 0.15) is 5.76 Å². The second-order valence-corrected chi connectivity index (χ2v) is 5.82. The number of aromatic hydroxyl groups is 1. The molecular weight excluding hydrogens is 420 g/mol. The number of carbonyl (C=O) groups excluding carboxylic acids is 1. The molecule has 0 saturated heterocycles. The Morgan fingerprint density at radius 3 is 2.77 bits per heavy atom. The number of phenolic OH excluding ortho intramolecular Hbond substituents is 1. The highest BCUT2D eigenvalue weighted by Crippen LogP contribution is 2.41. The molecule has 1 aromatic heterocycles. The zero-order valence-electron chi connectivity index (χ0n) is 11.7. The van der Waals surface area contributed by atoms with E-state index in [1.54, 1.807) is 19.1 Å². The van der Waals surface area contributed by atoms with Gasteiger partial charge >= 0.3 is 0 Å². The van der Waals surface area contributed by atoms with E-state index in [0.29, 0.717) is 25.8 Å². The molecule has 0 unspecified atom stereocenters. The summed E-state index contributed by atoms with van der Waals surface area (Å²) in [6.45, 7) is 1.69. The Kier molecular flexibility index (Phi) is 5.25. The summed E-state index contributed by atoms with van der Waals surface area (Å²) in [4.78, 5) is 11.9. The van der Waals surface area contributed by atoms with Gasteiger partial charge in [-0.2, -0.15) is 5.10 Å². The summed E-state index contributed by atoms with van der Waals surface area (Å²) in [7, 11) is 1.44. The fraction of sp³-hybridized carbons (Fsp3) is 0.143. The van der Waals surface area contributed by atoms with Crippen LogP contribution in [-0.2, 0) is 0 Å². The van der Waals surface area contributed by atoms with Crippen molar-refractivity contribution in [3.8, 4) is 11.5 Å². The fourth-order valence-corrected chi connectivity index (χ4v) is 2.53. The van der Waals surface area contributed by atoms with Gasteiger partial charge in [0, 0.05) is 10.0 Å². The minimum Gasteiger partial charge on any atom is -0.503 e. The zero-order valence-corrected chi connectivity index (χ0v) is 14.9. The summed E-state index contributed by atoms with van der Waals surface area (Å²) in [5.41, 5.74) is 3.44. The number of hydrazone groups is 1. The maximum atomic E-state index is 11.9. The summed E-state index contributed by atoms with van der Waals surface area (Å²) in [6, 6.07) is 3.15. The Hall–Kier alpha value is -1.80. The van der Waals surface area contributed by atoms with Crippen LogP contribution >= 0.6 is 31.9 Å². The van der Waals surface area contributed by atoms with Crippen molar-refractivity contribution in [2.45, 2.75) is 6.92 Å². The lowest BCUT2D eigenvalue weighted by Crippen LogP contribution is -2.17. The van der Waals surface area contributed by atoms with Crippen molar-refractivity contribution in [1.29, 1.82) is 0 Å². The molecule has 22 heavy (non-hydrogen) atoms. The third kappa shape index (κ3) is 3.33. The van der Waals surface area contributed by atoms with Gasteiger partial charge in [0.2, 0.25) is 0 Å². The summed E-state index contributed by atoms with van der Waals surface area (Å²) >= 11 is 6.58. The highest BCUT2D eigenvalue weighted by atomic mass is 79.9. The number of amides is 1. The molecule has 2 rings (SSSR count). The summed E-state index contributed by atoms with van der Waals surface area (Å²) in [5.74, 6) is 0.407. The van der Waals surface area contributed by atoms with Crippen LogP contribution in [0.2, 0.25) is 0 Å². The maximum absolute atomic E-state index is 11.9. The van der Waals surface area contributed by atoms with Crippen LogP contribution in [0.15, 0.2) is 36.9 Å². The Labute approximate surface area is 143 Å². The van der Waals surface area contributed by atoms with Crippen molar-refractivity contribution in [1.82, 2.24) is 5.43 Å². The number of carbonyl (C=O) groups is 1. The van der Waals surface area contributed by atoms with Crippen LogP contribution in [0.25, 0.3) is 0 Å². The number of nitrogens with one attached hydrogen (secondary N) is 1. The van der Waals surface area contributed by atoms with Gasteiger partial charge in [0.05, 0.1) is 29.6 Å². The highest BCUT2D eigenvalue weighted by Gasteiger charge is 2.14. The Balaban J connectivity index is 2.19. The number of halogens is 2. The van der Waals surface area contributed by atoms with E-state index < -0.39 is 0 Å². The second-order valence-electron chi connectivity index (χ2n) is 4.23. The van der Waals surface area contributed by atoms with Crippen molar-refractivity contribution >= 4 is 44.0 Å². The molecule has 8 heteroatoms. The number of aryl methyl sites for hydroxylation is 1. The van der Waals surface area contributed by atoms with Gasteiger partial charge in [-0.15, -0.1) is 0 Å². The average Bonchev–Trinajstić information content (AvgIpc) is 2.93. The molecule has 0 aliphatic carbocycles. The van der Waals surface area contributed by atoms with Crippen LogP contribution in [0.5, 0.6) is 11.5 Å². The van der Waals surface area contributed by atoms with E-state index in [1.165, 1.54) is 19.6 Å². The molecule has 6 nitrogen and oxygen atoms in total. The Morgan fingerprint density at radius 1 is 1.45 bits per heavy atom. The van der Waals surface area contributed by atoms with Gasteiger partial charge in [-0.3, -0.25) is 4.79 Å². The molecule has 0 aliphatic heterocycles. The molecule has 2 N–H and O–H groups in total. The first-order valence-corrected chi connectivity index (χ1v) is 7.66. The number of rotatable bonds is 4. The summed E-state index contributed by atoms with van der Waals surface area (Å²) in [6.07, 6.45) is 2.87. The number of benzene rings is 1. The summed E-state index contributed by atoms with van der Waals surface area (Å²) < 4.78 is 11.1. The third-order valence-electron chi connectivity index (χ3n) is 2.87. The molecular formula is C14H12Br2N2O4. The lowest BCUT2D eigenvalue weighted by atomic mass is 10.2. The van der Waals surface area contributed by atoms with Gasteiger partial charge in [0.25, 0.3) is 5.91 Å². The number of hydrogen-bond donors (Lipinski definition) is 2. The number of phenols is 1. The van der Waals surface area contributed by atoms with E-state index >= 15 is 0 Å². The summed E-state index contributed by atoms with van der Waals surface area (Å²) in [5, 5.41) is 13.7. The maximum Gasteiger partial charge on any atom is 0.274 e. The molecule has 0 saturated carbocycles. The SMILES string of the molecule is COc1cc(C=NNC(=O)c2ccoc2C)c(Br)c(Br)c1O. The minimum absolute atomic E-state index is 0.0235. The van der Waals surface area contributed by atoms with Crippen LogP contribution in [0.4, 0.5) is 0 Å². The number of nitrogens with zero attached hydrogens (tertiary/aromatic N) is 1. The molecule has 1 aromatic carbocycles. The van der Waals surface area contributed by atoms with Crippen LogP contribution < -0.4 is 10.2 Å². The molecule has 0 bridgehead atoms. The predicted molar refractivity (Wildman–Crippen MR) is 88.6 cm³/mol. The van der Waals surface area contributed by atoms with Crippen molar-refractivity contribution in [3.05, 3.63) is 44.2 Å². The molecule has 0 aliphatic rings. The largest absolute Gasteiger partial charge is 0.503 e. The van der Waals surface area contributed by atoms with E-state index in [1.807, 2.05) is 0 Å². The number of methoxy groups -OCH3 is 1. The molecule has 2 aromatic rings. The minimum atomic E-state index is -0.372. The van der Waals surface area contributed by atoms with E-state index in [-0.39, 0.29) is 17.4 Å². The third-order valence-corrected chi connectivity index (χ3v) is 5.03. The van der Waals surface area contributed by atoms with Crippen molar-refractivity contribution < 1.29 is 19.1 Å². The first-order valence-electron chi connectivity index (χ1n) is 6.08. The number of hydrogen-bond acceptors (Lipinski definition) is 5. The van der Waals surface area contributed by atoms with Crippen LogP contribution in [0.1, 0.15) is 21.7 Å². The Morgan fingerprint density at radius 2 is 2.18 bits per heavy atom. The molecule has 1 amide bonds. The van der Waals surface area contributed by atoms with E-state index in [9.17, 15) is 9.90 Å². The first-order chi connectivity index (χ1) is 10.5. The van der Waals surface area contributed by atoms with Crippen molar-refractivity contribution in [2.24, 2.45) is 5.10 Å². The molecule has 1 heterocycles. The molecule has 0 radical (unpaired) electrons. The van der Waals surface area contributed by atoms with Gasteiger partial charge in [-0.05, 0) is 50.9 Å². The molecule has 116 valence electrons. The smallest absolute Gasteiger partial charge is 0.274 e. The zero-order chi connectivity index (χ0) is 16.3. The second kappa shape index (κ2) is 6.97. The number of furan rings is 1. The van der Waals surface area contributed by atoms with Gasteiger partial charge in [-0.25, -0.2) is 5.43 Å². The average molecular weight is 432 g/mol. The Bertz CT molecular complexity index is 741. The monoisotopic (exact) mass is 430 g/mol. The first kappa shape index (κ1) is 16.6. The number of ether oxygens (including phenoxy) is 1. The van der Waals surface area contributed by atoms with Gasteiger partial charge < -0.3 is 14.3 Å². The normalized spacial score (nSPS) is 10.9. The van der Waals surface area contributed by atoms with Crippen molar-refractivity contribution in [2.75, 3.05) is 7.11 Å². The van der Waals surface area contributed by atoms with Gasteiger partial charge in [-0.1, -0.05) is 0 Å².